The first-order valence-electron chi connectivity index (χ1n) is 6.24. The third-order valence-corrected chi connectivity index (χ3v) is 4.35. The van der Waals surface area contributed by atoms with Gasteiger partial charge in [-0.1, -0.05) is 0 Å². The molecule has 7 heteroatoms. The fourth-order valence-electron chi connectivity index (χ4n) is 2.10. The first-order chi connectivity index (χ1) is 9.16. The smallest absolute Gasteiger partial charge is 0.328 e. The van der Waals surface area contributed by atoms with Crippen LogP contribution in [0.25, 0.3) is 0 Å². The highest BCUT2D eigenvalue weighted by Crippen LogP contribution is 2.41. The molecule has 1 aromatic rings. The van der Waals surface area contributed by atoms with Gasteiger partial charge in [-0.2, -0.15) is 0 Å². The van der Waals surface area contributed by atoms with E-state index in [2.05, 4.69) is 4.98 Å². The van der Waals surface area contributed by atoms with Gasteiger partial charge in [-0.3, -0.25) is 4.79 Å². The molecule has 1 N–H and O–H groups in total. The van der Waals surface area contributed by atoms with E-state index in [1.807, 2.05) is 0 Å². The number of hydrogen-bond acceptors (Lipinski definition) is 5. The number of aromatic nitrogens is 1. The predicted octanol–water partition coefficient (Wildman–Crippen LogP) is 0.946. The highest BCUT2D eigenvalue weighted by molar-refractivity contribution is 7.10. The summed E-state index contributed by atoms with van der Waals surface area (Å²) in [5.74, 6) is -0.837. The summed E-state index contributed by atoms with van der Waals surface area (Å²) in [5.41, 5.74) is 0.361. The van der Waals surface area contributed by atoms with Crippen molar-refractivity contribution in [2.75, 3.05) is 19.8 Å². The second kappa shape index (κ2) is 4.90. The normalized spacial score (nSPS) is 23.4. The third-order valence-electron chi connectivity index (χ3n) is 3.34. The van der Waals surface area contributed by atoms with Crippen LogP contribution in [0.2, 0.25) is 0 Å². The SMILES string of the molecule is O=C(O)[C@H]1COCCN1C(=O)c1csc(C2CC2)n1. The average molecular weight is 282 g/mol. The summed E-state index contributed by atoms with van der Waals surface area (Å²) in [5, 5.41) is 11.8. The molecule has 0 aromatic carbocycles. The fourth-order valence-corrected chi connectivity index (χ4v) is 3.07. The Kier molecular flexibility index (Phi) is 3.24. The van der Waals surface area contributed by atoms with Crippen molar-refractivity contribution in [1.29, 1.82) is 0 Å². The minimum atomic E-state index is -1.04. The number of ether oxygens (including phenoxy) is 1. The number of rotatable bonds is 3. The lowest BCUT2D eigenvalue weighted by molar-refractivity contribution is -0.147. The Morgan fingerprint density at radius 2 is 2.26 bits per heavy atom. The summed E-state index contributed by atoms with van der Waals surface area (Å²) < 4.78 is 5.12. The van der Waals surface area contributed by atoms with E-state index < -0.39 is 12.0 Å². The number of thiazole rings is 1. The monoisotopic (exact) mass is 282 g/mol. The fraction of sp³-hybridized carbons (Fsp3) is 0.583. The lowest BCUT2D eigenvalue weighted by Crippen LogP contribution is -2.52. The average Bonchev–Trinajstić information content (AvgIpc) is 3.16. The van der Waals surface area contributed by atoms with Crippen LogP contribution in [0.15, 0.2) is 5.38 Å². The lowest BCUT2D eigenvalue weighted by atomic mass is 10.2. The molecule has 1 atom stereocenters. The molecular weight excluding hydrogens is 268 g/mol. The van der Waals surface area contributed by atoms with Gasteiger partial charge < -0.3 is 14.7 Å². The summed E-state index contributed by atoms with van der Waals surface area (Å²) in [4.78, 5) is 29.1. The van der Waals surface area contributed by atoms with Gasteiger partial charge in [-0.15, -0.1) is 11.3 Å². The Balaban J connectivity index is 1.78. The molecule has 1 aliphatic heterocycles. The summed E-state index contributed by atoms with van der Waals surface area (Å²) in [6.07, 6.45) is 2.27. The van der Waals surface area contributed by atoms with Gasteiger partial charge in [0.05, 0.1) is 18.2 Å². The van der Waals surface area contributed by atoms with E-state index >= 15 is 0 Å². The molecule has 1 amide bonds. The zero-order chi connectivity index (χ0) is 13.4. The van der Waals surface area contributed by atoms with E-state index in [4.69, 9.17) is 9.84 Å². The standard InChI is InChI=1S/C12H14N2O4S/c15-11(8-6-19-10(13-8)7-1-2-7)14-3-4-18-5-9(14)12(16)17/h6-7,9H,1-5H2,(H,16,17)/t9-/m1/s1. The van der Waals surface area contributed by atoms with Crippen LogP contribution < -0.4 is 0 Å². The quantitative estimate of drug-likeness (QED) is 0.892. The molecule has 1 saturated heterocycles. The van der Waals surface area contributed by atoms with Crippen LogP contribution in [0.4, 0.5) is 0 Å². The van der Waals surface area contributed by atoms with Crippen LogP contribution >= 0.6 is 11.3 Å². The number of carbonyl (C=O) groups is 2. The molecule has 0 bridgehead atoms. The molecule has 6 nitrogen and oxygen atoms in total. The van der Waals surface area contributed by atoms with Gasteiger partial charge in [0.2, 0.25) is 0 Å². The van der Waals surface area contributed by atoms with Crippen molar-refractivity contribution < 1.29 is 19.4 Å². The van der Waals surface area contributed by atoms with E-state index in [9.17, 15) is 9.59 Å². The topological polar surface area (TPSA) is 79.7 Å². The molecule has 3 rings (SSSR count). The Morgan fingerprint density at radius 1 is 1.47 bits per heavy atom. The highest BCUT2D eigenvalue weighted by Gasteiger charge is 2.35. The van der Waals surface area contributed by atoms with Crippen LogP contribution in [0, 0.1) is 0 Å². The summed E-state index contributed by atoms with van der Waals surface area (Å²) in [7, 11) is 0. The number of aliphatic carboxylic acids is 1. The second-order valence-electron chi connectivity index (χ2n) is 4.77. The number of carbonyl (C=O) groups excluding carboxylic acids is 1. The lowest BCUT2D eigenvalue weighted by Gasteiger charge is -2.32. The van der Waals surface area contributed by atoms with Gasteiger partial charge >= 0.3 is 5.97 Å². The molecule has 102 valence electrons. The van der Waals surface area contributed by atoms with Crippen LogP contribution in [-0.4, -0.2) is 52.7 Å². The molecule has 0 spiro atoms. The van der Waals surface area contributed by atoms with E-state index in [1.54, 1.807) is 5.38 Å². The second-order valence-corrected chi connectivity index (χ2v) is 5.66. The molecule has 2 fully saturated rings. The van der Waals surface area contributed by atoms with Crippen LogP contribution in [0.3, 0.4) is 0 Å². The van der Waals surface area contributed by atoms with E-state index in [0.29, 0.717) is 24.8 Å². The maximum Gasteiger partial charge on any atom is 0.328 e. The molecule has 1 aromatic heterocycles. The Hall–Kier alpha value is -1.47. The highest BCUT2D eigenvalue weighted by atomic mass is 32.1. The molecule has 0 unspecified atom stereocenters. The van der Waals surface area contributed by atoms with Crippen LogP contribution in [0.5, 0.6) is 0 Å². The van der Waals surface area contributed by atoms with Crippen molar-refractivity contribution in [3.05, 3.63) is 16.1 Å². The Bertz CT molecular complexity index is 512. The van der Waals surface area contributed by atoms with Crippen molar-refractivity contribution in [2.24, 2.45) is 0 Å². The van der Waals surface area contributed by atoms with Crippen molar-refractivity contribution in [3.63, 3.8) is 0 Å². The van der Waals surface area contributed by atoms with Crippen molar-refractivity contribution in [3.8, 4) is 0 Å². The molecule has 2 heterocycles. The molecule has 0 radical (unpaired) electrons. The third kappa shape index (κ3) is 2.48. The van der Waals surface area contributed by atoms with Crippen molar-refractivity contribution >= 4 is 23.2 Å². The minimum absolute atomic E-state index is 0.0424. The number of carboxylic acid groups (broad SMARTS) is 1. The van der Waals surface area contributed by atoms with Crippen LogP contribution in [0.1, 0.15) is 34.3 Å². The van der Waals surface area contributed by atoms with Gasteiger partial charge in [0, 0.05) is 17.8 Å². The first-order valence-corrected chi connectivity index (χ1v) is 7.11. The van der Waals surface area contributed by atoms with E-state index in [0.717, 1.165) is 17.8 Å². The van der Waals surface area contributed by atoms with Crippen molar-refractivity contribution in [2.45, 2.75) is 24.8 Å². The molecule has 1 aliphatic carbocycles. The maximum atomic E-state index is 12.3. The zero-order valence-electron chi connectivity index (χ0n) is 10.2. The minimum Gasteiger partial charge on any atom is -0.480 e. The van der Waals surface area contributed by atoms with E-state index in [1.165, 1.54) is 16.2 Å². The van der Waals surface area contributed by atoms with Gasteiger partial charge in [-0.05, 0) is 12.8 Å². The van der Waals surface area contributed by atoms with Gasteiger partial charge in [0.25, 0.3) is 5.91 Å². The predicted molar refractivity (Wildman–Crippen MR) is 67.4 cm³/mol. The maximum absolute atomic E-state index is 12.3. The Labute approximate surface area is 114 Å². The van der Waals surface area contributed by atoms with Crippen molar-refractivity contribution in [1.82, 2.24) is 9.88 Å². The van der Waals surface area contributed by atoms with E-state index in [-0.39, 0.29) is 12.5 Å². The van der Waals surface area contributed by atoms with Crippen LogP contribution in [-0.2, 0) is 9.53 Å². The number of hydrogen-bond donors (Lipinski definition) is 1. The molecule has 2 aliphatic rings. The summed E-state index contributed by atoms with van der Waals surface area (Å²) in [6.45, 7) is 0.710. The number of morpholine rings is 1. The number of amides is 1. The molecular formula is C12H14N2O4S. The Morgan fingerprint density at radius 3 is 2.95 bits per heavy atom. The first kappa shape index (κ1) is 12.6. The van der Waals surface area contributed by atoms with Gasteiger partial charge in [-0.25, -0.2) is 9.78 Å². The number of carboxylic acids is 1. The molecule has 19 heavy (non-hydrogen) atoms. The van der Waals surface area contributed by atoms with Gasteiger partial charge in [0.1, 0.15) is 5.69 Å². The summed E-state index contributed by atoms with van der Waals surface area (Å²) in [6, 6.07) is -0.910. The van der Waals surface area contributed by atoms with Gasteiger partial charge in [0.15, 0.2) is 6.04 Å². The largest absolute Gasteiger partial charge is 0.480 e. The summed E-state index contributed by atoms with van der Waals surface area (Å²) >= 11 is 1.48. The number of nitrogens with zero attached hydrogens (tertiary/aromatic N) is 2. The zero-order valence-corrected chi connectivity index (χ0v) is 11.1. The molecule has 1 saturated carbocycles.